The summed E-state index contributed by atoms with van der Waals surface area (Å²) in [4.78, 5) is 28.3. The number of allylic oxidation sites excluding steroid dienone is 2. The molecule has 5 nitrogen and oxygen atoms in total. The fraction of sp³-hybridized carbons (Fsp3) is 0.316. The maximum Gasteiger partial charge on any atom is 0.307 e. The van der Waals surface area contributed by atoms with E-state index in [4.69, 9.17) is 4.74 Å². The van der Waals surface area contributed by atoms with E-state index in [9.17, 15) is 18.4 Å². The van der Waals surface area contributed by atoms with Crippen LogP contribution in [0.1, 0.15) is 26.2 Å². The number of amides is 1. The van der Waals surface area contributed by atoms with Crippen molar-refractivity contribution in [3.05, 3.63) is 47.4 Å². The van der Waals surface area contributed by atoms with Crippen LogP contribution in [0.2, 0.25) is 0 Å². The smallest absolute Gasteiger partial charge is 0.307 e. The van der Waals surface area contributed by atoms with Gasteiger partial charge in [-0.1, -0.05) is 12.2 Å². The minimum atomic E-state index is -0.969. The molecule has 8 heteroatoms. The lowest BCUT2D eigenvalue weighted by molar-refractivity contribution is -0.153. The van der Waals surface area contributed by atoms with Crippen molar-refractivity contribution in [1.82, 2.24) is 4.98 Å². The monoisotopic (exact) mass is 392 g/mol. The fourth-order valence-corrected chi connectivity index (χ4v) is 3.43. The predicted octanol–water partition coefficient (Wildman–Crippen LogP) is 4.31. The molecule has 0 spiro atoms. The number of esters is 1. The lowest BCUT2D eigenvalue weighted by Crippen LogP contribution is -2.30. The summed E-state index contributed by atoms with van der Waals surface area (Å²) >= 11 is 1.14. The Morgan fingerprint density at radius 2 is 2.19 bits per heavy atom. The van der Waals surface area contributed by atoms with E-state index in [1.807, 2.05) is 12.2 Å². The van der Waals surface area contributed by atoms with Crippen LogP contribution in [-0.2, 0) is 14.3 Å². The van der Waals surface area contributed by atoms with E-state index in [0.29, 0.717) is 11.3 Å². The third-order valence-electron chi connectivity index (χ3n) is 4.17. The Balaban J connectivity index is 1.55. The van der Waals surface area contributed by atoms with Crippen LogP contribution in [0.25, 0.3) is 11.3 Å². The second-order valence-corrected chi connectivity index (χ2v) is 7.12. The molecule has 1 N–H and O–H groups in total. The second-order valence-electron chi connectivity index (χ2n) is 6.26. The molecule has 1 amide bonds. The topological polar surface area (TPSA) is 68.3 Å². The SMILES string of the molecule is C[C@H](OC(=O)C[C@@H]1C=CCC1)C(=O)Nc1nc(-c2ccc(F)c(F)c2)cs1. The van der Waals surface area contributed by atoms with Crippen LogP contribution >= 0.6 is 11.3 Å². The van der Waals surface area contributed by atoms with Gasteiger partial charge in [-0.15, -0.1) is 11.3 Å². The first-order chi connectivity index (χ1) is 12.9. The zero-order valence-electron chi connectivity index (χ0n) is 14.6. The van der Waals surface area contributed by atoms with Gasteiger partial charge in [0.2, 0.25) is 0 Å². The molecular weight excluding hydrogens is 374 g/mol. The quantitative estimate of drug-likeness (QED) is 0.587. The molecule has 1 heterocycles. The Morgan fingerprint density at radius 3 is 2.89 bits per heavy atom. The Labute approximate surface area is 159 Å². The largest absolute Gasteiger partial charge is 0.453 e. The number of carbonyl (C=O) groups is 2. The van der Waals surface area contributed by atoms with E-state index in [0.717, 1.165) is 36.3 Å². The van der Waals surface area contributed by atoms with Gasteiger partial charge in [0.1, 0.15) is 0 Å². The molecule has 1 aliphatic carbocycles. The van der Waals surface area contributed by atoms with E-state index < -0.39 is 29.6 Å². The Bertz CT molecular complexity index is 882. The van der Waals surface area contributed by atoms with Gasteiger partial charge in [0.15, 0.2) is 22.9 Å². The molecule has 0 bridgehead atoms. The molecule has 27 heavy (non-hydrogen) atoms. The average Bonchev–Trinajstić information content (AvgIpc) is 3.29. The average molecular weight is 392 g/mol. The number of thiazole rings is 1. The van der Waals surface area contributed by atoms with Crippen molar-refractivity contribution in [3.63, 3.8) is 0 Å². The number of rotatable bonds is 6. The molecule has 1 aromatic heterocycles. The van der Waals surface area contributed by atoms with Crippen molar-refractivity contribution in [2.45, 2.75) is 32.3 Å². The summed E-state index contributed by atoms with van der Waals surface area (Å²) in [6, 6.07) is 3.46. The van der Waals surface area contributed by atoms with Crippen molar-refractivity contribution in [1.29, 1.82) is 0 Å². The third kappa shape index (κ3) is 4.97. The summed E-state index contributed by atoms with van der Waals surface area (Å²) in [5.41, 5.74) is 0.807. The van der Waals surface area contributed by atoms with Gasteiger partial charge in [0, 0.05) is 10.9 Å². The van der Waals surface area contributed by atoms with E-state index >= 15 is 0 Å². The van der Waals surface area contributed by atoms with Crippen molar-refractivity contribution in [3.8, 4) is 11.3 Å². The highest BCUT2D eigenvalue weighted by atomic mass is 32.1. The number of hydrogen-bond donors (Lipinski definition) is 1. The molecule has 0 fully saturated rings. The van der Waals surface area contributed by atoms with Gasteiger partial charge in [-0.25, -0.2) is 13.8 Å². The number of nitrogens with one attached hydrogen (secondary N) is 1. The molecule has 0 saturated carbocycles. The second kappa shape index (κ2) is 8.39. The first-order valence-corrected chi connectivity index (χ1v) is 9.38. The van der Waals surface area contributed by atoms with Gasteiger partial charge in [0.25, 0.3) is 5.91 Å². The lowest BCUT2D eigenvalue weighted by atomic mass is 10.1. The summed E-state index contributed by atoms with van der Waals surface area (Å²) in [5.74, 6) is -2.66. The maximum absolute atomic E-state index is 13.3. The molecule has 1 aromatic carbocycles. The van der Waals surface area contributed by atoms with Crippen LogP contribution in [0.15, 0.2) is 35.7 Å². The number of nitrogens with zero attached hydrogens (tertiary/aromatic N) is 1. The first kappa shape index (κ1) is 19.2. The van der Waals surface area contributed by atoms with Crippen LogP contribution in [0, 0.1) is 17.6 Å². The van der Waals surface area contributed by atoms with Crippen molar-refractivity contribution in [2.75, 3.05) is 5.32 Å². The number of aromatic nitrogens is 1. The number of ether oxygens (including phenoxy) is 1. The molecule has 0 radical (unpaired) electrons. The lowest BCUT2D eigenvalue weighted by Gasteiger charge is -2.13. The van der Waals surface area contributed by atoms with E-state index in [-0.39, 0.29) is 17.5 Å². The molecule has 2 aromatic rings. The molecule has 0 unspecified atom stereocenters. The normalized spacial score (nSPS) is 16.9. The summed E-state index contributed by atoms with van der Waals surface area (Å²) in [7, 11) is 0. The predicted molar refractivity (Wildman–Crippen MR) is 98.1 cm³/mol. The van der Waals surface area contributed by atoms with E-state index in [2.05, 4.69) is 10.3 Å². The maximum atomic E-state index is 13.3. The number of halogens is 2. The summed E-state index contributed by atoms with van der Waals surface area (Å²) in [6.07, 6.45) is 5.19. The fourth-order valence-electron chi connectivity index (χ4n) is 2.70. The van der Waals surface area contributed by atoms with Gasteiger partial charge in [-0.05, 0) is 43.9 Å². The molecule has 0 saturated heterocycles. The molecule has 0 aliphatic heterocycles. The van der Waals surface area contributed by atoms with Gasteiger partial charge < -0.3 is 4.74 Å². The van der Waals surface area contributed by atoms with Crippen LogP contribution in [0.4, 0.5) is 13.9 Å². The van der Waals surface area contributed by atoms with E-state index in [1.165, 1.54) is 13.0 Å². The standard InChI is InChI=1S/C19H18F2N2O3S/c1-11(26-17(24)8-12-4-2-3-5-12)18(25)23-19-22-16(10-27-19)13-6-7-14(20)15(21)9-13/h2,4,6-7,9-12H,3,5,8H2,1H3,(H,22,23,25)/t11-,12+/m0/s1. The van der Waals surface area contributed by atoms with Gasteiger partial charge >= 0.3 is 5.97 Å². The highest BCUT2D eigenvalue weighted by molar-refractivity contribution is 7.14. The molecule has 3 rings (SSSR count). The van der Waals surface area contributed by atoms with Gasteiger partial charge in [-0.2, -0.15) is 0 Å². The van der Waals surface area contributed by atoms with Crippen LogP contribution in [-0.4, -0.2) is 23.0 Å². The minimum Gasteiger partial charge on any atom is -0.453 e. The number of hydrogen-bond acceptors (Lipinski definition) is 5. The number of carbonyl (C=O) groups excluding carboxylic acids is 2. The van der Waals surface area contributed by atoms with Gasteiger partial charge in [-0.3, -0.25) is 14.9 Å². The first-order valence-electron chi connectivity index (χ1n) is 8.50. The molecule has 142 valence electrons. The molecule has 2 atom stereocenters. The van der Waals surface area contributed by atoms with Crippen molar-refractivity contribution < 1.29 is 23.1 Å². The van der Waals surface area contributed by atoms with E-state index in [1.54, 1.807) is 5.38 Å². The van der Waals surface area contributed by atoms with Crippen LogP contribution in [0.5, 0.6) is 0 Å². The summed E-state index contributed by atoms with van der Waals surface area (Å²) in [6.45, 7) is 1.49. The minimum absolute atomic E-state index is 0.172. The molecule has 1 aliphatic rings. The van der Waals surface area contributed by atoms with Gasteiger partial charge in [0.05, 0.1) is 12.1 Å². The highest BCUT2D eigenvalue weighted by Crippen LogP contribution is 2.26. The zero-order valence-corrected chi connectivity index (χ0v) is 15.4. The third-order valence-corrected chi connectivity index (χ3v) is 4.93. The summed E-state index contributed by atoms with van der Waals surface area (Å²) in [5, 5.41) is 4.46. The number of anilines is 1. The van der Waals surface area contributed by atoms with Crippen molar-refractivity contribution >= 4 is 28.3 Å². The Morgan fingerprint density at radius 1 is 1.37 bits per heavy atom. The van der Waals surface area contributed by atoms with Crippen LogP contribution < -0.4 is 5.32 Å². The Hall–Kier alpha value is -2.61. The molecular formula is C19H18F2N2O3S. The Kier molecular flexibility index (Phi) is 5.95. The zero-order chi connectivity index (χ0) is 19.4. The highest BCUT2D eigenvalue weighted by Gasteiger charge is 2.22. The van der Waals surface area contributed by atoms with Crippen molar-refractivity contribution in [2.24, 2.45) is 5.92 Å². The van der Waals surface area contributed by atoms with Crippen LogP contribution in [0.3, 0.4) is 0 Å². The summed E-state index contributed by atoms with van der Waals surface area (Å²) < 4.78 is 31.5. The number of benzene rings is 1.